The number of aliphatic hydroxyl groups excluding tert-OH is 7. The molecule has 0 aromatic heterocycles. The molecule has 1 amide bonds. The van der Waals surface area contributed by atoms with Gasteiger partial charge in [-0.2, -0.15) is 0 Å². The standard InChI is InChI=1S/C60H117NO10/c1-3-5-7-9-11-13-15-17-19-21-22-23-24-25-26-27-28-29-30-32-34-36-38-40-42-44-46-48-53(64)59(69)61-51(50-70-60-58(68)57(67)56(66)54(49-62)71-60)55(65)52(63)47-45-43-41-39-37-35-33-31-20-18-16-14-12-10-8-6-4-2/h39,41,51-58,60,62-68H,3-38,40,42-50H2,1-2H3,(H,61,69)/b41-39+. The summed E-state index contributed by atoms with van der Waals surface area (Å²) in [6.45, 7) is 3.48. The van der Waals surface area contributed by atoms with Crippen molar-refractivity contribution in [1.29, 1.82) is 0 Å². The number of hydrogen-bond acceptors (Lipinski definition) is 10. The van der Waals surface area contributed by atoms with E-state index in [2.05, 4.69) is 31.3 Å². The second-order valence-electron chi connectivity index (χ2n) is 21.8. The molecule has 0 aromatic carbocycles. The summed E-state index contributed by atoms with van der Waals surface area (Å²) < 4.78 is 11.1. The maximum absolute atomic E-state index is 13.2. The molecule has 1 rings (SSSR count). The van der Waals surface area contributed by atoms with E-state index >= 15 is 0 Å². The van der Waals surface area contributed by atoms with Gasteiger partial charge < -0.3 is 50.5 Å². The highest BCUT2D eigenvalue weighted by molar-refractivity contribution is 5.80. The van der Waals surface area contributed by atoms with Crippen molar-refractivity contribution < 1.29 is 50.0 Å². The van der Waals surface area contributed by atoms with Crippen molar-refractivity contribution >= 4 is 5.91 Å². The summed E-state index contributed by atoms with van der Waals surface area (Å²) in [7, 11) is 0. The van der Waals surface area contributed by atoms with Gasteiger partial charge in [0.2, 0.25) is 5.91 Å². The minimum absolute atomic E-state index is 0.260. The average molecular weight is 1010 g/mol. The molecule has 9 atom stereocenters. The normalized spacial score (nSPS) is 20.2. The van der Waals surface area contributed by atoms with Crippen LogP contribution in [0.4, 0.5) is 0 Å². The number of rotatable bonds is 53. The Kier molecular flexibility index (Phi) is 47.5. The van der Waals surface area contributed by atoms with Crippen LogP contribution in [0.1, 0.15) is 296 Å². The molecule has 11 heteroatoms. The summed E-state index contributed by atoms with van der Waals surface area (Å²) in [5.41, 5.74) is 0. The van der Waals surface area contributed by atoms with E-state index in [1.54, 1.807) is 0 Å². The number of allylic oxidation sites excluding steroid dienone is 2. The van der Waals surface area contributed by atoms with Gasteiger partial charge in [0.25, 0.3) is 0 Å². The van der Waals surface area contributed by atoms with Crippen LogP contribution in [-0.2, 0) is 14.3 Å². The van der Waals surface area contributed by atoms with E-state index < -0.39 is 74.2 Å². The minimum Gasteiger partial charge on any atom is -0.394 e. The number of ether oxygens (including phenoxy) is 2. The van der Waals surface area contributed by atoms with E-state index in [1.807, 2.05) is 0 Å². The first kappa shape index (κ1) is 67.9. The van der Waals surface area contributed by atoms with E-state index in [0.717, 1.165) is 38.5 Å². The van der Waals surface area contributed by atoms with Crippen LogP contribution in [0.5, 0.6) is 0 Å². The van der Waals surface area contributed by atoms with Crippen molar-refractivity contribution in [1.82, 2.24) is 5.32 Å². The van der Waals surface area contributed by atoms with E-state index in [-0.39, 0.29) is 12.8 Å². The molecule has 71 heavy (non-hydrogen) atoms. The van der Waals surface area contributed by atoms with E-state index in [1.165, 1.54) is 218 Å². The summed E-state index contributed by atoms with van der Waals surface area (Å²) in [6, 6.07) is -1.18. The van der Waals surface area contributed by atoms with Gasteiger partial charge in [0.05, 0.1) is 25.4 Å². The van der Waals surface area contributed by atoms with Crippen LogP contribution in [-0.4, -0.2) is 110 Å². The number of carbonyl (C=O) groups is 1. The smallest absolute Gasteiger partial charge is 0.249 e. The lowest BCUT2D eigenvalue weighted by Crippen LogP contribution is -2.60. The zero-order valence-corrected chi connectivity index (χ0v) is 46.2. The van der Waals surface area contributed by atoms with Gasteiger partial charge >= 0.3 is 0 Å². The Morgan fingerprint density at radius 1 is 0.479 bits per heavy atom. The SMILES string of the molecule is CCCCCCCCCCCCCC/C=C/CCCC(O)C(O)C(COC1OC(CO)C(O)C(O)C1O)NC(=O)C(O)CCCCCCCCCCCCCCCCCCCCCCCCCCCCC. The number of aliphatic hydroxyl groups is 7. The highest BCUT2D eigenvalue weighted by Crippen LogP contribution is 2.24. The Hall–Kier alpha value is -1.15. The fraction of sp³-hybridized carbons (Fsp3) is 0.950. The van der Waals surface area contributed by atoms with Gasteiger partial charge in [0.15, 0.2) is 6.29 Å². The minimum atomic E-state index is -1.66. The molecule has 8 N–H and O–H groups in total. The van der Waals surface area contributed by atoms with E-state index in [9.17, 15) is 40.5 Å². The number of hydrogen-bond donors (Lipinski definition) is 8. The first-order valence-corrected chi connectivity index (χ1v) is 30.6. The molecule has 1 fully saturated rings. The molecular formula is C60H117NO10. The molecule has 0 radical (unpaired) electrons. The molecule has 9 unspecified atom stereocenters. The van der Waals surface area contributed by atoms with E-state index in [4.69, 9.17) is 9.47 Å². The Labute approximate surface area is 436 Å². The number of unbranched alkanes of at least 4 members (excludes halogenated alkanes) is 39. The second kappa shape index (κ2) is 49.7. The molecule has 1 aliphatic heterocycles. The predicted molar refractivity (Wildman–Crippen MR) is 293 cm³/mol. The van der Waals surface area contributed by atoms with Crippen molar-refractivity contribution in [2.45, 2.75) is 351 Å². The van der Waals surface area contributed by atoms with Crippen LogP contribution in [0.15, 0.2) is 12.2 Å². The van der Waals surface area contributed by atoms with Crippen molar-refractivity contribution in [3.63, 3.8) is 0 Å². The highest BCUT2D eigenvalue weighted by atomic mass is 16.7. The molecule has 0 spiro atoms. The van der Waals surface area contributed by atoms with Crippen molar-refractivity contribution in [2.75, 3.05) is 13.2 Å². The maximum atomic E-state index is 13.2. The van der Waals surface area contributed by atoms with Gasteiger partial charge in [0, 0.05) is 0 Å². The van der Waals surface area contributed by atoms with Gasteiger partial charge in [0.1, 0.15) is 36.6 Å². The van der Waals surface area contributed by atoms with Gasteiger partial charge in [-0.25, -0.2) is 0 Å². The monoisotopic (exact) mass is 1010 g/mol. The van der Waals surface area contributed by atoms with Crippen LogP contribution in [0.2, 0.25) is 0 Å². The molecule has 0 bridgehead atoms. The summed E-state index contributed by atoms with van der Waals surface area (Å²) >= 11 is 0. The van der Waals surface area contributed by atoms with Gasteiger partial charge in [-0.15, -0.1) is 0 Å². The van der Waals surface area contributed by atoms with Gasteiger partial charge in [-0.1, -0.05) is 270 Å². The Bertz CT molecular complexity index is 1160. The molecule has 422 valence electrons. The average Bonchev–Trinajstić information content (AvgIpc) is 3.37. The second-order valence-corrected chi connectivity index (χ2v) is 21.8. The number of nitrogens with one attached hydrogen (secondary N) is 1. The topological polar surface area (TPSA) is 189 Å². The molecule has 1 aliphatic rings. The fourth-order valence-corrected chi connectivity index (χ4v) is 10.1. The molecule has 1 heterocycles. The summed E-state index contributed by atoms with van der Waals surface area (Å²) in [5.74, 6) is -0.700. The van der Waals surface area contributed by atoms with E-state index in [0.29, 0.717) is 12.8 Å². The Morgan fingerprint density at radius 3 is 1.21 bits per heavy atom. The maximum Gasteiger partial charge on any atom is 0.249 e. The molecule has 0 aliphatic carbocycles. The predicted octanol–water partition coefficient (Wildman–Crippen LogP) is 13.1. The molecular weight excluding hydrogens is 895 g/mol. The third-order valence-electron chi connectivity index (χ3n) is 15.1. The number of amides is 1. The lowest BCUT2D eigenvalue weighted by Gasteiger charge is -2.40. The van der Waals surface area contributed by atoms with Crippen molar-refractivity contribution in [3.05, 3.63) is 12.2 Å². The van der Waals surface area contributed by atoms with Crippen LogP contribution in [0, 0.1) is 0 Å². The first-order valence-electron chi connectivity index (χ1n) is 30.6. The van der Waals surface area contributed by atoms with Gasteiger partial charge in [-0.05, 0) is 38.5 Å². The third-order valence-corrected chi connectivity index (χ3v) is 15.1. The van der Waals surface area contributed by atoms with Crippen LogP contribution >= 0.6 is 0 Å². The number of carbonyl (C=O) groups excluding carboxylic acids is 1. The largest absolute Gasteiger partial charge is 0.394 e. The quantitative estimate of drug-likeness (QED) is 0.0215. The van der Waals surface area contributed by atoms with Gasteiger partial charge in [-0.3, -0.25) is 4.79 Å². The fourth-order valence-electron chi connectivity index (χ4n) is 10.1. The highest BCUT2D eigenvalue weighted by Gasteiger charge is 2.44. The van der Waals surface area contributed by atoms with Crippen LogP contribution in [0.25, 0.3) is 0 Å². The summed E-state index contributed by atoms with van der Waals surface area (Å²) in [6.07, 6.45) is 47.1. The molecule has 11 nitrogen and oxygen atoms in total. The lowest BCUT2D eigenvalue weighted by molar-refractivity contribution is -0.303. The van der Waals surface area contributed by atoms with Crippen LogP contribution in [0.3, 0.4) is 0 Å². The van der Waals surface area contributed by atoms with Crippen LogP contribution < -0.4 is 5.32 Å². The zero-order chi connectivity index (χ0) is 51.8. The Morgan fingerprint density at radius 2 is 0.831 bits per heavy atom. The zero-order valence-electron chi connectivity index (χ0n) is 46.2. The summed E-state index contributed by atoms with van der Waals surface area (Å²) in [4.78, 5) is 13.2. The summed E-state index contributed by atoms with van der Waals surface area (Å²) in [5, 5.41) is 76.2. The first-order chi connectivity index (χ1) is 34.7. The third kappa shape index (κ3) is 38.1. The Balaban J connectivity index is 2.25. The van der Waals surface area contributed by atoms with Crippen molar-refractivity contribution in [3.8, 4) is 0 Å². The molecule has 0 aromatic rings. The van der Waals surface area contributed by atoms with Crippen molar-refractivity contribution in [2.24, 2.45) is 0 Å². The lowest BCUT2D eigenvalue weighted by atomic mass is 9.98. The molecule has 1 saturated heterocycles. The molecule has 0 saturated carbocycles.